The second-order valence-electron chi connectivity index (χ2n) is 8.22. The molecule has 0 amide bonds. The number of aromatic nitrogens is 1. The summed E-state index contributed by atoms with van der Waals surface area (Å²) in [4.78, 5) is 24.4. The van der Waals surface area contributed by atoms with Crippen LogP contribution in [0.1, 0.15) is 46.1 Å². The summed E-state index contributed by atoms with van der Waals surface area (Å²) in [6.45, 7) is 10.5. The van der Waals surface area contributed by atoms with Crippen LogP contribution in [0, 0.1) is 18.8 Å². The van der Waals surface area contributed by atoms with E-state index < -0.39 is 0 Å². The fourth-order valence-electron chi connectivity index (χ4n) is 3.91. The molecule has 168 valence electrons. The van der Waals surface area contributed by atoms with Crippen molar-refractivity contribution in [3.05, 3.63) is 45.4 Å². The van der Waals surface area contributed by atoms with Gasteiger partial charge in [0.25, 0.3) is 0 Å². The highest BCUT2D eigenvalue weighted by molar-refractivity contribution is 6.20. The number of rotatable bonds is 7. The number of likely N-dealkylation sites (N-methyl/N-ethyl adjacent to an activating group) is 1. The van der Waals surface area contributed by atoms with E-state index in [1.807, 2.05) is 13.1 Å². The summed E-state index contributed by atoms with van der Waals surface area (Å²) in [6.07, 6.45) is 6.96. The molecule has 1 aromatic rings. The lowest BCUT2D eigenvalue weighted by Crippen LogP contribution is -2.23. The van der Waals surface area contributed by atoms with Crippen molar-refractivity contribution in [2.75, 3.05) is 21.2 Å². The van der Waals surface area contributed by atoms with E-state index in [0.29, 0.717) is 12.8 Å². The summed E-state index contributed by atoms with van der Waals surface area (Å²) in [5.74, 6) is 0.161. The molecular weight excluding hydrogens is 388 g/mol. The Labute approximate surface area is 185 Å². The van der Waals surface area contributed by atoms with E-state index in [1.165, 1.54) is 12.7 Å². The van der Waals surface area contributed by atoms with Crippen LogP contribution in [0.25, 0.3) is 11.6 Å². The first-order chi connectivity index (χ1) is 14.7. The molecule has 2 atom stereocenters. The molecule has 2 N–H and O–H groups in total. The highest BCUT2D eigenvalue weighted by Crippen LogP contribution is 2.37. The number of nitrogens with one attached hydrogen (secondary N) is 2. The number of nitrogens with zero attached hydrogens (tertiary/aromatic N) is 2. The van der Waals surface area contributed by atoms with Crippen molar-refractivity contribution in [2.45, 2.75) is 47.5 Å². The molecule has 6 heteroatoms. The Balaban J connectivity index is 2.60. The van der Waals surface area contributed by atoms with Crippen LogP contribution in [0.2, 0.25) is 0 Å². The highest BCUT2D eigenvalue weighted by Gasteiger charge is 2.33. The van der Waals surface area contributed by atoms with Crippen LogP contribution < -0.4 is 16.0 Å². The van der Waals surface area contributed by atoms with Crippen molar-refractivity contribution in [3.8, 4) is 0 Å². The van der Waals surface area contributed by atoms with Gasteiger partial charge in [0.05, 0.1) is 7.11 Å². The molecule has 2 heterocycles. The van der Waals surface area contributed by atoms with Crippen LogP contribution in [0.4, 0.5) is 0 Å². The van der Waals surface area contributed by atoms with Crippen molar-refractivity contribution >= 4 is 29.5 Å². The first-order valence-electron chi connectivity index (χ1n) is 10.7. The van der Waals surface area contributed by atoms with Crippen LogP contribution in [0.5, 0.6) is 0 Å². The predicted octanol–water partition coefficient (Wildman–Crippen LogP) is 3.03. The Kier molecular flexibility index (Phi) is 8.60. The molecule has 0 unspecified atom stereocenters. The number of aliphatic imine (C=N–C) groups is 2. The average Bonchev–Trinajstić information content (AvgIpc) is 3.27. The minimum Gasteiger partial charge on any atom is -0.469 e. The smallest absolute Gasteiger partial charge is 0.305 e. The summed E-state index contributed by atoms with van der Waals surface area (Å²) < 4.78 is 4.88. The van der Waals surface area contributed by atoms with Crippen molar-refractivity contribution in [1.29, 1.82) is 0 Å². The van der Waals surface area contributed by atoms with Crippen molar-refractivity contribution in [1.82, 2.24) is 10.3 Å². The summed E-state index contributed by atoms with van der Waals surface area (Å²) >= 11 is 0. The number of carbonyl (C=O) groups excluding carboxylic acids is 1. The Hall–Kier alpha value is -2.89. The fraction of sp³-hybridized carbons (Fsp3) is 0.480. The minimum absolute atomic E-state index is 0.147. The van der Waals surface area contributed by atoms with Crippen molar-refractivity contribution in [2.24, 2.45) is 21.8 Å². The van der Waals surface area contributed by atoms with Gasteiger partial charge in [-0.3, -0.25) is 14.8 Å². The van der Waals surface area contributed by atoms with Gasteiger partial charge in [-0.25, -0.2) is 0 Å². The van der Waals surface area contributed by atoms with Gasteiger partial charge in [0.2, 0.25) is 0 Å². The maximum absolute atomic E-state index is 11.8. The Bertz CT molecular complexity index is 1050. The van der Waals surface area contributed by atoms with Gasteiger partial charge in [0, 0.05) is 66.4 Å². The lowest BCUT2D eigenvalue weighted by molar-refractivity contribution is -0.140. The summed E-state index contributed by atoms with van der Waals surface area (Å²) in [5, 5.41) is 5.34. The standard InChI is InChI=1S/C25H36N4O2/c1-15(2)21(27-7)14-23-17(4)19(9-10-24(30)31-8)25(29-23)18(5)22-13-16(3)20(28-22)11-12-26-6/h11-14,17,19,27-28H,9-10H2,1-8H3/b20-11-,22-18-,23-14-,26-12+/t17-,19-/m0/s1. The minimum atomic E-state index is -0.187. The number of hydrogen-bond donors (Lipinski definition) is 2. The zero-order valence-electron chi connectivity index (χ0n) is 20.1. The van der Waals surface area contributed by atoms with Crippen molar-refractivity contribution < 1.29 is 9.53 Å². The summed E-state index contributed by atoms with van der Waals surface area (Å²) in [5.41, 5.74) is 6.60. The van der Waals surface area contributed by atoms with Gasteiger partial charge in [-0.05, 0) is 63.5 Å². The monoisotopic (exact) mass is 424 g/mol. The molecule has 0 bridgehead atoms. The maximum atomic E-state index is 11.8. The van der Waals surface area contributed by atoms with Crippen molar-refractivity contribution in [3.63, 3.8) is 0 Å². The van der Waals surface area contributed by atoms with Gasteiger partial charge in [-0.15, -0.1) is 0 Å². The Morgan fingerprint density at radius 1 is 1.35 bits per heavy atom. The number of methoxy groups -OCH3 is 1. The van der Waals surface area contributed by atoms with Gasteiger partial charge >= 0.3 is 5.97 Å². The van der Waals surface area contributed by atoms with Gasteiger partial charge < -0.3 is 15.0 Å². The molecule has 6 nitrogen and oxygen atoms in total. The van der Waals surface area contributed by atoms with E-state index in [1.54, 1.807) is 13.3 Å². The largest absolute Gasteiger partial charge is 0.469 e. The zero-order chi connectivity index (χ0) is 23.1. The molecule has 31 heavy (non-hydrogen) atoms. The number of H-pyrrole nitrogens is 1. The third-order valence-electron chi connectivity index (χ3n) is 5.89. The number of allylic oxidation sites excluding steroid dienone is 3. The van der Waals surface area contributed by atoms with E-state index in [4.69, 9.17) is 9.73 Å². The molecule has 2 rings (SSSR count). The Morgan fingerprint density at radius 2 is 2.06 bits per heavy atom. The van der Waals surface area contributed by atoms with Crippen LogP contribution in [-0.4, -0.2) is 44.1 Å². The molecule has 0 spiro atoms. The SMILES string of the molecule is C/N=C/C=c1\[nH]/c(=C(/C)C2=N/C(=C\C(NC)=C(C)C)[C@@H](C)[C@@H]2CCC(=O)OC)cc1C. The third-order valence-corrected chi connectivity index (χ3v) is 5.89. The lowest BCUT2D eigenvalue weighted by Gasteiger charge is -2.18. The van der Waals surface area contributed by atoms with E-state index in [0.717, 1.165) is 38.9 Å². The molecule has 0 fully saturated rings. The van der Waals surface area contributed by atoms with E-state index >= 15 is 0 Å². The van der Waals surface area contributed by atoms with Gasteiger partial charge in [0.1, 0.15) is 0 Å². The molecule has 0 aliphatic carbocycles. The first-order valence-corrected chi connectivity index (χ1v) is 10.7. The summed E-state index contributed by atoms with van der Waals surface area (Å²) in [6, 6.07) is 2.14. The van der Waals surface area contributed by atoms with Gasteiger partial charge in [0.15, 0.2) is 0 Å². The maximum Gasteiger partial charge on any atom is 0.305 e. The van der Waals surface area contributed by atoms with E-state index in [9.17, 15) is 4.79 Å². The quantitative estimate of drug-likeness (QED) is 0.522. The second kappa shape index (κ2) is 10.9. The molecule has 0 saturated carbocycles. The molecule has 1 aliphatic heterocycles. The number of esters is 1. The van der Waals surface area contributed by atoms with Crippen LogP contribution >= 0.6 is 0 Å². The van der Waals surface area contributed by atoms with E-state index in [2.05, 4.69) is 62.1 Å². The molecule has 0 aromatic carbocycles. The predicted molar refractivity (Wildman–Crippen MR) is 130 cm³/mol. The number of hydrogen-bond acceptors (Lipinski definition) is 5. The van der Waals surface area contributed by atoms with Crippen LogP contribution in [0.3, 0.4) is 0 Å². The highest BCUT2D eigenvalue weighted by atomic mass is 16.5. The number of carbonyl (C=O) groups is 1. The average molecular weight is 425 g/mol. The topological polar surface area (TPSA) is 78.8 Å². The number of aryl methyl sites for hydroxylation is 1. The molecule has 0 saturated heterocycles. The number of aromatic amines is 1. The van der Waals surface area contributed by atoms with Crippen LogP contribution in [0.15, 0.2) is 39.1 Å². The Morgan fingerprint density at radius 3 is 2.65 bits per heavy atom. The van der Waals surface area contributed by atoms with Gasteiger partial charge in [-0.2, -0.15) is 0 Å². The fourth-order valence-corrected chi connectivity index (χ4v) is 3.91. The normalized spacial score (nSPS) is 21.5. The summed E-state index contributed by atoms with van der Waals surface area (Å²) in [7, 11) is 5.12. The molecule has 0 radical (unpaired) electrons. The second-order valence-corrected chi connectivity index (χ2v) is 8.22. The van der Waals surface area contributed by atoms with E-state index in [-0.39, 0.29) is 17.8 Å². The molecule has 1 aromatic heterocycles. The lowest BCUT2D eigenvalue weighted by atomic mass is 9.84. The molecular formula is C25H36N4O2. The first kappa shape index (κ1) is 24.4. The third kappa shape index (κ3) is 5.84. The zero-order valence-corrected chi connectivity index (χ0v) is 20.1. The van der Waals surface area contributed by atoms with Gasteiger partial charge in [-0.1, -0.05) is 12.5 Å². The van der Waals surface area contributed by atoms with Crippen LogP contribution in [-0.2, 0) is 9.53 Å². The number of ether oxygens (including phenoxy) is 1. The molecule has 1 aliphatic rings.